The first-order valence-electron chi connectivity index (χ1n) is 5.54. The van der Waals surface area contributed by atoms with Crippen molar-refractivity contribution in [3.8, 4) is 11.5 Å². The fourth-order valence-corrected chi connectivity index (χ4v) is 2.43. The van der Waals surface area contributed by atoms with Gasteiger partial charge < -0.3 is 9.52 Å². The summed E-state index contributed by atoms with van der Waals surface area (Å²) in [5, 5.41) is 8.95. The van der Waals surface area contributed by atoms with Crippen LogP contribution >= 0.6 is 22.6 Å². The molecular formula is C14H8INO3. The summed E-state index contributed by atoms with van der Waals surface area (Å²) < 4.78 is 6.69. The Labute approximate surface area is 122 Å². The van der Waals surface area contributed by atoms with E-state index in [1.165, 1.54) is 12.1 Å². The number of nitrogens with zero attached hydrogens (tertiary/aromatic N) is 1. The van der Waals surface area contributed by atoms with Crippen molar-refractivity contribution in [1.29, 1.82) is 0 Å². The Balaban J connectivity index is 2.17. The van der Waals surface area contributed by atoms with Gasteiger partial charge >= 0.3 is 5.97 Å². The maximum absolute atomic E-state index is 10.9. The zero-order valence-corrected chi connectivity index (χ0v) is 11.8. The van der Waals surface area contributed by atoms with Crippen LogP contribution in [0.3, 0.4) is 0 Å². The summed E-state index contributed by atoms with van der Waals surface area (Å²) in [4.78, 5) is 15.3. The van der Waals surface area contributed by atoms with E-state index in [0.29, 0.717) is 17.0 Å². The van der Waals surface area contributed by atoms with Crippen molar-refractivity contribution in [3.05, 3.63) is 51.6 Å². The van der Waals surface area contributed by atoms with Gasteiger partial charge in [0, 0.05) is 3.57 Å². The fraction of sp³-hybridized carbons (Fsp3) is 0. The number of carbonyl (C=O) groups is 1. The Bertz CT molecular complexity index is 779. The minimum Gasteiger partial charge on any atom is -0.478 e. The summed E-state index contributed by atoms with van der Waals surface area (Å²) in [5.74, 6) is -0.469. The van der Waals surface area contributed by atoms with Crippen LogP contribution in [0.5, 0.6) is 0 Å². The van der Waals surface area contributed by atoms with Gasteiger partial charge in [-0.15, -0.1) is 0 Å². The van der Waals surface area contributed by atoms with Gasteiger partial charge in [0.05, 0.1) is 11.1 Å². The highest BCUT2D eigenvalue weighted by atomic mass is 127. The minimum atomic E-state index is -0.972. The molecule has 0 saturated heterocycles. The number of aromatic carboxylic acids is 1. The summed E-state index contributed by atoms with van der Waals surface area (Å²) in [7, 11) is 0. The second-order valence-electron chi connectivity index (χ2n) is 3.99. The molecule has 0 aliphatic carbocycles. The predicted octanol–water partition coefficient (Wildman–Crippen LogP) is 3.80. The molecule has 19 heavy (non-hydrogen) atoms. The quantitative estimate of drug-likeness (QED) is 0.702. The highest BCUT2D eigenvalue weighted by molar-refractivity contribution is 14.1. The number of rotatable bonds is 2. The Morgan fingerprint density at radius 2 is 2.00 bits per heavy atom. The molecule has 0 aliphatic rings. The van der Waals surface area contributed by atoms with Crippen LogP contribution in [0, 0.1) is 3.57 Å². The van der Waals surface area contributed by atoms with Gasteiger partial charge in [-0.2, -0.15) is 0 Å². The number of carboxylic acids is 1. The molecule has 0 spiro atoms. The van der Waals surface area contributed by atoms with Crippen LogP contribution in [0.25, 0.3) is 22.6 Å². The van der Waals surface area contributed by atoms with Crippen molar-refractivity contribution >= 4 is 39.7 Å². The lowest BCUT2D eigenvalue weighted by molar-refractivity contribution is 0.0697. The maximum Gasteiger partial charge on any atom is 0.335 e. The zero-order valence-electron chi connectivity index (χ0n) is 9.63. The van der Waals surface area contributed by atoms with Gasteiger partial charge in [0.2, 0.25) is 5.89 Å². The monoisotopic (exact) mass is 365 g/mol. The van der Waals surface area contributed by atoms with E-state index in [-0.39, 0.29) is 5.56 Å². The van der Waals surface area contributed by atoms with E-state index in [2.05, 4.69) is 27.6 Å². The highest BCUT2D eigenvalue weighted by Gasteiger charge is 2.12. The van der Waals surface area contributed by atoms with Gasteiger partial charge in [-0.05, 0) is 52.9 Å². The van der Waals surface area contributed by atoms with Gasteiger partial charge in [-0.3, -0.25) is 0 Å². The summed E-state index contributed by atoms with van der Waals surface area (Å²) in [5.41, 5.74) is 2.24. The molecule has 1 heterocycles. The van der Waals surface area contributed by atoms with Crippen molar-refractivity contribution < 1.29 is 14.3 Å². The second-order valence-corrected chi connectivity index (χ2v) is 5.15. The number of hydrogen-bond acceptors (Lipinski definition) is 3. The van der Waals surface area contributed by atoms with Gasteiger partial charge in [0.15, 0.2) is 5.58 Å². The van der Waals surface area contributed by atoms with E-state index in [1.54, 1.807) is 6.07 Å². The molecule has 5 heteroatoms. The first kappa shape index (κ1) is 12.2. The smallest absolute Gasteiger partial charge is 0.335 e. The van der Waals surface area contributed by atoms with Gasteiger partial charge in [-0.25, -0.2) is 9.78 Å². The molecule has 0 atom stereocenters. The third-order valence-electron chi connectivity index (χ3n) is 2.74. The SMILES string of the molecule is O=C(O)c1ccc2oc(-c3ccccc3I)nc2c1. The molecule has 94 valence electrons. The lowest BCUT2D eigenvalue weighted by Crippen LogP contribution is -1.94. The van der Waals surface area contributed by atoms with Crippen LogP contribution in [-0.4, -0.2) is 16.1 Å². The number of carboxylic acid groups (broad SMARTS) is 1. The van der Waals surface area contributed by atoms with E-state index >= 15 is 0 Å². The van der Waals surface area contributed by atoms with Crippen LogP contribution in [0.1, 0.15) is 10.4 Å². The number of fused-ring (bicyclic) bond motifs is 1. The van der Waals surface area contributed by atoms with E-state index in [9.17, 15) is 4.79 Å². The number of aromatic nitrogens is 1. The Morgan fingerprint density at radius 1 is 1.21 bits per heavy atom. The minimum absolute atomic E-state index is 0.204. The molecule has 4 nitrogen and oxygen atoms in total. The van der Waals surface area contributed by atoms with Crippen molar-refractivity contribution in [1.82, 2.24) is 4.98 Å². The Morgan fingerprint density at radius 3 is 2.74 bits per heavy atom. The molecule has 0 saturated carbocycles. The van der Waals surface area contributed by atoms with E-state index in [4.69, 9.17) is 9.52 Å². The molecule has 2 aromatic carbocycles. The molecular weight excluding hydrogens is 357 g/mol. The molecule has 0 unspecified atom stereocenters. The standard InChI is InChI=1S/C14H8INO3/c15-10-4-2-1-3-9(10)13-16-11-7-8(14(17)18)5-6-12(11)19-13/h1-7H,(H,17,18). The number of benzene rings is 2. The molecule has 0 radical (unpaired) electrons. The van der Waals surface area contributed by atoms with E-state index in [0.717, 1.165) is 9.13 Å². The largest absolute Gasteiger partial charge is 0.478 e. The van der Waals surface area contributed by atoms with E-state index < -0.39 is 5.97 Å². The van der Waals surface area contributed by atoms with Crippen LogP contribution in [0.4, 0.5) is 0 Å². The summed E-state index contributed by atoms with van der Waals surface area (Å²) >= 11 is 2.21. The van der Waals surface area contributed by atoms with Gasteiger partial charge in [0.1, 0.15) is 5.52 Å². The maximum atomic E-state index is 10.9. The summed E-state index contributed by atoms with van der Waals surface area (Å²) in [6.45, 7) is 0. The predicted molar refractivity (Wildman–Crippen MR) is 79.1 cm³/mol. The average Bonchev–Trinajstić information content (AvgIpc) is 2.81. The molecule has 0 bridgehead atoms. The molecule has 1 N–H and O–H groups in total. The number of halogens is 1. The molecule has 0 amide bonds. The molecule has 3 rings (SSSR count). The molecule has 0 fully saturated rings. The summed E-state index contributed by atoms with van der Waals surface area (Å²) in [6, 6.07) is 12.4. The lowest BCUT2D eigenvalue weighted by atomic mass is 10.2. The lowest BCUT2D eigenvalue weighted by Gasteiger charge is -1.97. The van der Waals surface area contributed by atoms with Crippen LogP contribution < -0.4 is 0 Å². The van der Waals surface area contributed by atoms with Crippen molar-refractivity contribution in [2.45, 2.75) is 0 Å². The van der Waals surface area contributed by atoms with Crippen LogP contribution in [0.15, 0.2) is 46.9 Å². The Kier molecular flexibility index (Phi) is 2.98. The van der Waals surface area contributed by atoms with Crippen LogP contribution in [-0.2, 0) is 0 Å². The third-order valence-corrected chi connectivity index (χ3v) is 3.68. The normalized spacial score (nSPS) is 10.8. The average molecular weight is 365 g/mol. The molecule has 3 aromatic rings. The topological polar surface area (TPSA) is 63.3 Å². The van der Waals surface area contributed by atoms with Crippen molar-refractivity contribution in [2.75, 3.05) is 0 Å². The third kappa shape index (κ3) is 2.21. The Hall–Kier alpha value is -1.89. The van der Waals surface area contributed by atoms with Crippen molar-refractivity contribution in [2.24, 2.45) is 0 Å². The zero-order chi connectivity index (χ0) is 13.4. The second kappa shape index (κ2) is 4.65. The van der Waals surface area contributed by atoms with Crippen LogP contribution in [0.2, 0.25) is 0 Å². The number of hydrogen-bond donors (Lipinski definition) is 1. The van der Waals surface area contributed by atoms with Gasteiger partial charge in [-0.1, -0.05) is 12.1 Å². The fourth-order valence-electron chi connectivity index (χ4n) is 1.81. The van der Waals surface area contributed by atoms with Gasteiger partial charge in [0.25, 0.3) is 0 Å². The van der Waals surface area contributed by atoms with Crippen molar-refractivity contribution in [3.63, 3.8) is 0 Å². The van der Waals surface area contributed by atoms with E-state index in [1.807, 2.05) is 24.3 Å². The number of oxazole rings is 1. The molecule has 0 aliphatic heterocycles. The first-order chi connectivity index (χ1) is 9.15. The molecule has 1 aromatic heterocycles. The summed E-state index contributed by atoms with van der Waals surface area (Å²) in [6.07, 6.45) is 0. The highest BCUT2D eigenvalue weighted by Crippen LogP contribution is 2.28. The first-order valence-corrected chi connectivity index (χ1v) is 6.62.